The van der Waals surface area contributed by atoms with Gasteiger partial charge in [0.05, 0.1) is 6.61 Å². The first kappa shape index (κ1) is 28.2. The number of fused-ring (bicyclic) bond motifs is 1. The number of aliphatic hydroxyl groups is 1. The molecule has 1 amide bonds. The molecule has 38 heavy (non-hydrogen) atoms. The van der Waals surface area contributed by atoms with E-state index in [9.17, 15) is 9.90 Å². The van der Waals surface area contributed by atoms with Crippen molar-refractivity contribution in [3.05, 3.63) is 64.2 Å². The van der Waals surface area contributed by atoms with Gasteiger partial charge in [0.15, 0.2) is 0 Å². The molecule has 2 aromatic carbocycles. The number of carbonyl (C=O) groups excluding carboxylic acids is 1. The lowest BCUT2D eigenvalue weighted by Crippen LogP contribution is -2.35. The molecule has 0 aromatic heterocycles. The molecule has 1 fully saturated rings. The SMILES string of the molecule is CCOCCOc1cc(C(O)C#Cc2ccc(C(=O)N3CCCCC3)cc2)cc2c1C(C)(C)CCC2(C)C. The average molecular weight is 518 g/mol. The van der Waals surface area contributed by atoms with Gasteiger partial charge in [0, 0.05) is 36.4 Å². The summed E-state index contributed by atoms with van der Waals surface area (Å²) in [6.45, 7) is 14.3. The van der Waals surface area contributed by atoms with Crippen LogP contribution >= 0.6 is 0 Å². The molecule has 0 bridgehead atoms. The van der Waals surface area contributed by atoms with Crippen LogP contribution in [0.15, 0.2) is 36.4 Å². The number of nitrogens with zero attached hydrogens (tertiary/aromatic N) is 1. The van der Waals surface area contributed by atoms with Crippen molar-refractivity contribution in [3.63, 3.8) is 0 Å². The van der Waals surface area contributed by atoms with Gasteiger partial charge in [-0.05, 0) is 91.3 Å². The van der Waals surface area contributed by atoms with Gasteiger partial charge in [0.25, 0.3) is 5.91 Å². The molecule has 0 saturated carbocycles. The summed E-state index contributed by atoms with van der Waals surface area (Å²) in [6.07, 6.45) is 4.53. The number of piperidine rings is 1. The van der Waals surface area contributed by atoms with E-state index < -0.39 is 6.10 Å². The van der Waals surface area contributed by atoms with Crippen molar-refractivity contribution in [3.8, 4) is 17.6 Å². The fourth-order valence-corrected chi connectivity index (χ4v) is 5.59. The van der Waals surface area contributed by atoms with Crippen LogP contribution in [0.25, 0.3) is 0 Å². The largest absolute Gasteiger partial charge is 0.491 e. The van der Waals surface area contributed by atoms with Crippen LogP contribution in [-0.2, 0) is 15.6 Å². The molecule has 2 aliphatic rings. The van der Waals surface area contributed by atoms with E-state index in [-0.39, 0.29) is 16.7 Å². The van der Waals surface area contributed by atoms with Gasteiger partial charge >= 0.3 is 0 Å². The van der Waals surface area contributed by atoms with Gasteiger partial charge in [0.2, 0.25) is 0 Å². The van der Waals surface area contributed by atoms with E-state index in [0.717, 1.165) is 55.6 Å². The Labute approximate surface area is 228 Å². The summed E-state index contributed by atoms with van der Waals surface area (Å²) in [4.78, 5) is 14.7. The van der Waals surface area contributed by atoms with Crippen molar-refractivity contribution in [2.75, 3.05) is 32.9 Å². The molecule has 0 spiro atoms. The predicted molar refractivity (Wildman–Crippen MR) is 152 cm³/mol. The molecule has 1 unspecified atom stereocenters. The van der Waals surface area contributed by atoms with Gasteiger partial charge in [0.1, 0.15) is 18.5 Å². The number of benzene rings is 2. The van der Waals surface area contributed by atoms with Crippen LogP contribution in [-0.4, -0.2) is 48.8 Å². The zero-order valence-electron chi connectivity index (χ0n) is 23.7. The lowest BCUT2D eigenvalue weighted by Gasteiger charge is -2.43. The lowest BCUT2D eigenvalue weighted by atomic mass is 9.62. The van der Waals surface area contributed by atoms with E-state index in [0.29, 0.717) is 25.4 Å². The molecule has 1 heterocycles. The number of likely N-dealkylation sites (tertiary alicyclic amines) is 1. The van der Waals surface area contributed by atoms with Gasteiger partial charge in [-0.2, -0.15) is 0 Å². The zero-order chi connectivity index (χ0) is 27.3. The molecule has 1 atom stereocenters. The number of hydrogen-bond acceptors (Lipinski definition) is 4. The van der Waals surface area contributed by atoms with Crippen LogP contribution in [0.2, 0.25) is 0 Å². The second kappa shape index (κ2) is 11.9. The standard InChI is InChI=1S/C33H43NO4/c1-6-37-20-21-38-29-23-26(22-27-30(29)33(4,5)17-16-32(27,2)3)28(35)15-12-24-10-13-25(14-11-24)31(36)34-18-8-7-9-19-34/h10-11,13-14,22-23,28,35H,6-9,16-21H2,1-5H3. The highest BCUT2D eigenvalue weighted by atomic mass is 16.5. The average Bonchev–Trinajstić information content (AvgIpc) is 2.92. The summed E-state index contributed by atoms with van der Waals surface area (Å²) in [5, 5.41) is 11.1. The summed E-state index contributed by atoms with van der Waals surface area (Å²) in [6, 6.07) is 11.5. The third-order valence-electron chi connectivity index (χ3n) is 8.04. The first-order chi connectivity index (χ1) is 18.1. The molecule has 4 rings (SSSR count). The van der Waals surface area contributed by atoms with Crippen LogP contribution in [0.1, 0.15) is 105 Å². The second-order valence-electron chi connectivity index (χ2n) is 11.9. The van der Waals surface area contributed by atoms with E-state index in [2.05, 4.69) is 45.6 Å². The summed E-state index contributed by atoms with van der Waals surface area (Å²) in [7, 11) is 0. The molecule has 1 aliphatic carbocycles. The minimum Gasteiger partial charge on any atom is -0.491 e. The monoisotopic (exact) mass is 517 g/mol. The molecule has 1 N–H and O–H groups in total. The molecule has 5 nitrogen and oxygen atoms in total. The second-order valence-corrected chi connectivity index (χ2v) is 11.9. The Balaban J connectivity index is 1.57. The Morgan fingerprint density at radius 3 is 2.37 bits per heavy atom. The number of amides is 1. The smallest absolute Gasteiger partial charge is 0.253 e. The molecule has 1 aliphatic heterocycles. The van der Waals surface area contributed by atoms with Crippen molar-refractivity contribution in [2.24, 2.45) is 0 Å². The third-order valence-corrected chi connectivity index (χ3v) is 8.04. The highest BCUT2D eigenvalue weighted by Gasteiger charge is 2.40. The summed E-state index contributed by atoms with van der Waals surface area (Å²) >= 11 is 0. The van der Waals surface area contributed by atoms with E-state index in [4.69, 9.17) is 9.47 Å². The maximum Gasteiger partial charge on any atom is 0.253 e. The molecular formula is C33H43NO4. The third kappa shape index (κ3) is 6.42. The molecule has 204 valence electrons. The van der Waals surface area contributed by atoms with Gasteiger partial charge in [-0.3, -0.25) is 4.79 Å². The summed E-state index contributed by atoms with van der Waals surface area (Å²) in [5.74, 6) is 7.02. The van der Waals surface area contributed by atoms with Crippen LogP contribution < -0.4 is 4.74 Å². The minimum absolute atomic E-state index is 0.0195. The quantitative estimate of drug-likeness (QED) is 0.353. The van der Waals surface area contributed by atoms with Gasteiger partial charge in [-0.15, -0.1) is 0 Å². The molecular weight excluding hydrogens is 474 g/mol. The molecule has 1 saturated heterocycles. The Bertz CT molecular complexity index is 1180. The van der Waals surface area contributed by atoms with E-state index >= 15 is 0 Å². The van der Waals surface area contributed by atoms with Crippen LogP contribution in [0.5, 0.6) is 5.75 Å². The minimum atomic E-state index is -0.954. The topological polar surface area (TPSA) is 59.0 Å². The normalized spacial score (nSPS) is 18.6. The number of hydrogen-bond donors (Lipinski definition) is 1. The Hall–Kier alpha value is -2.81. The van der Waals surface area contributed by atoms with E-state index in [1.54, 1.807) is 0 Å². The number of aliphatic hydroxyl groups excluding tert-OH is 1. The van der Waals surface area contributed by atoms with Gasteiger partial charge in [-0.1, -0.05) is 45.6 Å². The van der Waals surface area contributed by atoms with Crippen molar-refractivity contribution < 1.29 is 19.4 Å². The van der Waals surface area contributed by atoms with Crippen molar-refractivity contribution in [1.29, 1.82) is 0 Å². The maximum atomic E-state index is 12.8. The van der Waals surface area contributed by atoms with Crippen molar-refractivity contribution >= 4 is 5.91 Å². The highest BCUT2D eigenvalue weighted by molar-refractivity contribution is 5.94. The Kier molecular flexibility index (Phi) is 8.85. The Morgan fingerprint density at radius 2 is 1.68 bits per heavy atom. The zero-order valence-corrected chi connectivity index (χ0v) is 23.7. The van der Waals surface area contributed by atoms with Crippen molar-refractivity contribution in [1.82, 2.24) is 4.90 Å². The summed E-state index contributed by atoms with van der Waals surface area (Å²) in [5.41, 5.74) is 4.60. The van der Waals surface area contributed by atoms with Crippen molar-refractivity contribution in [2.45, 2.75) is 83.7 Å². The van der Waals surface area contributed by atoms with Crippen LogP contribution in [0.3, 0.4) is 0 Å². The predicted octanol–water partition coefficient (Wildman–Crippen LogP) is 6.16. The van der Waals surface area contributed by atoms with E-state index in [1.807, 2.05) is 42.2 Å². The first-order valence-corrected chi connectivity index (χ1v) is 14.1. The van der Waals surface area contributed by atoms with Crippen LogP contribution in [0, 0.1) is 11.8 Å². The van der Waals surface area contributed by atoms with Crippen LogP contribution in [0.4, 0.5) is 0 Å². The van der Waals surface area contributed by atoms with Gasteiger partial charge < -0.3 is 19.5 Å². The highest BCUT2D eigenvalue weighted by Crippen LogP contribution is 2.50. The number of ether oxygens (including phenoxy) is 2. The van der Waals surface area contributed by atoms with Gasteiger partial charge in [-0.25, -0.2) is 0 Å². The first-order valence-electron chi connectivity index (χ1n) is 14.1. The molecule has 0 radical (unpaired) electrons. The number of carbonyl (C=O) groups is 1. The summed E-state index contributed by atoms with van der Waals surface area (Å²) < 4.78 is 11.7. The number of rotatable bonds is 7. The van der Waals surface area contributed by atoms with E-state index in [1.165, 1.54) is 17.5 Å². The fraction of sp³-hybridized carbons (Fsp3) is 0.545. The fourth-order valence-electron chi connectivity index (χ4n) is 5.59. The Morgan fingerprint density at radius 1 is 1.00 bits per heavy atom. The lowest BCUT2D eigenvalue weighted by molar-refractivity contribution is 0.0724. The molecule has 5 heteroatoms. The maximum absolute atomic E-state index is 12.8. The molecule has 2 aromatic rings.